The van der Waals surface area contributed by atoms with E-state index < -0.39 is 10.0 Å². The molecular formula is C15H24N2O3S. The van der Waals surface area contributed by atoms with Crippen molar-refractivity contribution < 1.29 is 13.2 Å². The zero-order valence-electron chi connectivity index (χ0n) is 12.5. The zero-order valence-corrected chi connectivity index (χ0v) is 13.3. The molecule has 0 heterocycles. The van der Waals surface area contributed by atoms with Crippen molar-refractivity contribution in [1.29, 1.82) is 0 Å². The van der Waals surface area contributed by atoms with E-state index in [4.69, 9.17) is 4.74 Å². The lowest BCUT2D eigenvalue weighted by molar-refractivity contribution is 0.146. The molecule has 0 amide bonds. The second kappa shape index (κ2) is 7.89. The van der Waals surface area contributed by atoms with E-state index in [9.17, 15) is 8.42 Å². The summed E-state index contributed by atoms with van der Waals surface area (Å²) < 4.78 is 32.6. The number of hydrogen-bond acceptors (Lipinski definition) is 4. The Kier molecular flexibility index (Phi) is 6.17. The zero-order chi connectivity index (χ0) is 15.1. The van der Waals surface area contributed by atoms with Crippen LogP contribution in [0.2, 0.25) is 0 Å². The molecule has 0 radical (unpaired) electrons. The Balaban J connectivity index is 1.94. The number of rotatable bonds is 10. The number of benzene rings is 1. The molecule has 118 valence electrons. The van der Waals surface area contributed by atoms with Gasteiger partial charge in [0.2, 0.25) is 10.0 Å². The van der Waals surface area contributed by atoms with Crippen LogP contribution in [0.5, 0.6) is 0 Å². The first-order valence-corrected chi connectivity index (χ1v) is 9.00. The molecule has 0 unspecified atom stereocenters. The van der Waals surface area contributed by atoms with Gasteiger partial charge in [-0.3, -0.25) is 0 Å². The molecule has 0 atom stereocenters. The molecule has 1 aromatic rings. The van der Waals surface area contributed by atoms with Crippen molar-refractivity contribution in [2.45, 2.75) is 43.7 Å². The van der Waals surface area contributed by atoms with Gasteiger partial charge in [-0.2, -0.15) is 0 Å². The summed E-state index contributed by atoms with van der Waals surface area (Å²) in [5.74, 6) is 0. The van der Waals surface area contributed by atoms with Crippen molar-refractivity contribution in [1.82, 2.24) is 10.0 Å². The maximum atomic E-state index is 12.4. The third-order valence-corrected chi connectivity index (χ3v) is 4.94. The van der Waals surface area contributed by atoms with Crippen molar-refractivity contribution in [3.05, 3.63) is 29.8 Å². The van der Waals surface area contributed by atoms with Crippen LogP contribution < -0.4 is 10.0 Å². The first-order chi connectivity index (χ1) is 10.1. The van der Waals surface area contributed by atoms with E-state index in [1.165, 1.54) is 12.8 Å². The van der Waals surface area contributed by atoms with Gasteiger partial charge >= 0.3 is 0 Å². The molecule has 1 aromatic carbocycles. The minimum Gasteiger partial charge on any atom is -0.382 e. The van der Waals surface area contributed by atoms with E-state index in [1.54, 1.807) is 12.1 Å². The Morgan fingerprint density at radius 2 is 2.05 bits per heavy atom. The molecule has 21 heavy (non-hydrogen) atoms. The van der Waals surface area contributed by atoms with Gasteiger partial charge in [0.1, 0.15) is 0 Å². The number of sulfonamides is 1. The monoisotopic (exact) mass is 312 g/mol. The summed E-state index contributed by atoms with van der Waals surface area (Å²) in [6.07, 6.45) is 3.05. The molecule has 2 N–H and O–H groups in total. The maximum Gasteiger partial charge on any atom is 0.240 e. The lowest BCUT2D eigenvalue weighted by atomic mass is 10.2. The Bertz CT molecular complexity index is 542. The Morgan fingerprint density at radius 3 is 2.76 bits per heavy atom. The molecule has 0 aliphatic heterocycles. The molecule has 5 nitrogen and oxygen atoms in total. The van der Waals surface area contributed by atoms with Crippen LogP contribution in [0.4, 0.5) is 0 Å². The summed E-state index contributed by atoms with van der Waals surface area (Å²) in [4.78, 5) is 0.370. The van der Waals surface area contributed by atoms with Crippen molar-refractivity contribution in [2.75, 3.05) is 19.8 Å². The van der Waals surface area contributed by atoms with Gasteiger partial charge in [0, 0.05) is 32.3 Å². The van der Waals surface area contributed by atoms with Gasteiger partial charge < -0.3 is 10.1 Å². The van der Waals surface area contributed by atoms with Crippen LogP contribution in [0.1, 0.15) is 31.7 Å². The molecule has 6 heteroatoms. The largest absolute Gasteiger partial charge is 0.382 e. The average Bonchev–Trinajstić information content (AvgIpc) is 3.29. The van der Waals surface area contributed by atoms with E-state index in [0.717, 1.165) is 5.56 Å². The minimum atomic E-state index is -3.45. The lowest BCUT2D eigenvalue weighted by Gasteiger charge is -2.12. The SMILES string of the molecule is CCOCCCNS(=O)(=O)c1ccccc1CNC1CC1. The van der Waals surface area contributed by atoms with E-state index in [1.807, 2.05) is 19.1 Å². The number of hydrogen-bond donors (Lipinski definition) is 2. The van der Waals surface area contributed by atoms with Crippen LogP contribution in [0.3, 0.4) is 0 Å². The van der Waals surface area contributed by atoms with Crippen LogP contribution in [0, 0.1) is 0 Å². The average molecular weight is 312 g/mol. The van der Waals surface area contributed by atoms with E-state index in [-0.39, 0.29) is 0 Å². The summed E-state index contributed by atoms with van der Waals surface area (Å²) in [7, 11) is -3.45. The highest BCUT2D eigenvalue weighted by atomic mass is 32.2. The molecule has 0 bridgehead atoms. The van der Waals surface area contributed by atoms with Gasteiger partial charge in [-0.15, -0.1) is 0 Å². The maximum absolute atomic E-state index is 12.4. The smallest absolute Gasteiger partial charge is 0.240 e. The molecule has 1 fully saturated rings. The van der Waals surface area contributed by atoms with Crippen LogP contribution in [0.15, 0.2) is 29.2 Å². The fourth-order valence-corrected chi connectivity index (χ4v) is 3.37. The third-order valence-electron chi connectivity index (χ3n) is 3.38. The van der Waals surface area contributed by atoms with Gasteiger partial charge in [-0.1, -0.05) is 18.2 Å². The van der Waals surface area contributed by atoms with Gasteiger partial charge in [0.15, 0.2) is 0 Å². The van der Waals surface area contributed by atoms with E-state index in [0.29, 0.717) is 43.7 Å². The first-order valence-electron chi connectivity index (χ1n) is 7.52. The highest BCUT2D eigenvalue weighted by molar-refractivity contribution is 7.89. The first kappa shape index (κ1) is 16.4. The third kappa shape index (κ3) is 5.39. The molecule has 0 spiro atoms. The fourth-order valence-electron chi connectivity index (χ4n) is 2.06. The van der Waals surface area contributed by atoms with Crippen molar-refractivity contribution in [2.24, 2.45) is 0 Å². The Labute approximate surface area is 127 Å². The molecule has 1 aliphatic carbocycles. The molecule has 0 aromatic heterocycles. The summed E-state index contributed by atoms with van der Waals surface area (Å²) in [5, 5.41) is 3.36. The minimum absolute atomic E-state index is 0.370. The highest BCUT2D eigenvalue weighted by Gasteiger charge is 2.22. The molecule has 0 saturated heterocycles. The van der Waals surface area contributed by atoms with Crippen LogP contribution in [0.25, 0.3) is 0 Å². The lowest BCUT2D eigenvalue weighted by Crippen LogP contribution is -2.27. The molecule has 1 aliphatic rings. The standard InChI is InChI=1S/C15H24N2O3S/c1-2-20-11-5-10-17-21(18,19)15-7-4-3-6-13(15)12-16-14-8-9-14/h3-4,6-7,14,16-17H,2,5,8-12H2,1H3. The van der Waals surface area contributed by atoms with Crippen LogP contribution in [-0.2, 0) is 21.3 Å². The van der Waals surface area contributed by atoms with Crippen molar-refractivity contribution in [3.63, 3.8) is 0 Å². The topological polar surface area (TPSA) is 67.4 Å². The van der Waals surface area contributed by atoms with Crippen LogP contribution >= 0.6 is 0 Å². The van der Waals surface area contributed by atoms with Crippen molar-refractivity contribution >= 4 is 10.0 Å². The molecule has 1 saturated carbocycles. The Morgan fingerprint density at radius 1 is 1.29 bits per heavy atom. The highest BCUT2D eigenvalue weighted by Crippen LogP contribution is 2.21. The van der Waals surface area contributed by atoms with Gasteiger partial charge in [-0.25, -0.2) is 13.1 Å². The van der Waals surface area contributed by atoms with Gasteiger partial charge in [0.25, 0.3) is 0 Å². The van der Waals surface area contributed by atoms with Crippen molar-refractivity contribution in [3.8, 4) is 0 Å². The molecule has 2 rings (SSSR count). The Hall–Kier alpha value is -0.950. The fraction of sp³-hybridized carbons (Fsp3) is 0.600. The normalized spacial score (nSPS) is 15.3. The second-order valence-corrected chi connectivity index (χ2v) is 6.95. The summed E-state index contributed by atoms with van der Waals surface area (Å²) >= 11 is 0. The quantitative estimate of drug-likeness (QED) is 0.645. The van der Waals surface area contributed by atoms with Gasteiger partial charge in [-0.05, 0) is 37.8 Å². The summed E-state index contributed by atoms with van der Waals surface area (Å²) in [6.45, 7) is 4.15. The predicted octanol–water partition coefficient (Wildman–Crippen LogP) is 1.64. The van der Waals surface area contributed by atoms with E-state index >= 15 is 0 Å². The predicted molar refractivity (Wildman–Crippen MR) is 82.6 cm³/mol. The number of ether oxygens (including phenoxy) is 1. The summed E-state index contributed by atoms with van der Waals surface area (Å²) in [5.41, 5.74) is 0.821. The van der Waals surface area contributed by atoms with E-state index in [2.05, 4.69) is 10.0 Å². The summed E-state index contributed by atoms with van der Waals surface area (Å²) in [6, 6.07) is 7.71. The number of nitrogens with one attached hydrogen (secondary N) is 2. The van der Waals surface area contributed by atoms with Gasteiger partial charge in [0.05, 0.1) is 4.90 Å². The van der Waals surface area contributed by atoms with Crippen LogP contribution in [-0.4, -0.2) is 34.2 Å². The second-order valence-electron chi connectivity index (χ2n) is 5.21. The molecular weight excluding hydrogens is 288 g/mol.